The number of anilines is 1. The van der Waals surface area contributed by atoms with E-state index in [1.165, 1.54) is 0 Å². The molecule has 0 aliphatic carbocycles. The quantitative estimate of drug-likeness (QED) is 0.382. The zero-order valence-electron chi connectivity index (χ0n) is 16.2. The third-order valence-corrected chi connectivity index (χ3v) is 6.63. The highest BCUT2D eigenvalue weighted by Crippen LogP contribution is 2.41. The third-order valence-electron chi connectivity index (χ3n) is 5.16. The molecule has 0 N–H and O–H groups in total. The van der Waals surface area contributed by atoms with E-state index >= 15 is 0 Å². The van der Waals surface area contributed by atoms with Crippen molar-refractivity contribution in [2.24, 2.45) is 0 Å². The molecule has 29 heavy (non-hydrogen) atoms. The summed E-state index contributed by atoms with van der Waals surface area (Å²) in [5.74, 6) is -0.0255. The zero-order valence-corrected chi connectivity index (χ0v) is 19.3. The molecule has 4 rings (SSSR count). The van der Waals surface area contributed by atoms with Crippen molar-refractivity contribution in [3.8, 4) is 0 Å². The van der Waals surface area contributed by atoms with Crippen LogP contribution in [0.5, 0.6) is 0 Å². The molecule has 2 saturated heterocycles. The van der Waals surface area contributed by atoms with Gasteiger partial charge in [0.1, 0.15) is 16.9 Å². The fourth-order valence-electron chi connectivity index (χ4n) is 4.05. The zero-order chi connectivity index (χ0) is 21.1. The Morgan fingerprint density at radius 1 is 1.24 bits per heavy atom. The first kappa shape index (κ1) is 20.9. The molecule has 2 aliphatic rings. The smallest absolute Gasteiger partial charge is 0.410 e. The number of rotatable bonds is 1. The number of aromatic nitrogens is 2. The van der Waals surface area contributed by atoms with Crippen LogP contribution in [0.15, 0.2) is 10.5 Å². The monoisotopic (exact) mass is 504 g/mol. The van der Waals surface area contributed by atoms with Crippen molar-refractivity contribution in [3.63, 3.8) is 0 Å². The molecule has 6 nitrogen and oxygen atoms in total. The number of fused-ring (bicyclic) bond motifs is 3. The Bertz CT molecular complexity index is 987. The predicted molar refractivity (Wildman–Crippen MR) is 114 cm³/mol. The van der Waals surface area contributed by atoms with Crippen LogP contribution in [0.2, 0.25) is 10.3 Å². The van der Waals surface area contributed by atoms with Gasteiger partial charge in [0.2, 0.25) is 5.28 Å². The average Bonchev–Trinajstić information content (AvgIpc) is 2.87. The molecular formula is C19H20BrCl2FN4O2. The number of hydrogen-bond acceptors (Lipinski definition) is 5. The van der Waals surface area contributed by atoms with Crippen LogP contribution in [0.25, 0.3) is 10.9 Å². The minimum atomic E-state index is -0.571. The molecule has 2 fully saturated rings. The standard InChI is InChI=1S/C19H20BrCl2FN4O2/c1-19(2,3)29-18(28)26-7-9-4-5-10(8-26)27(9)16-11-6-12(21)13(20)14(23)15(11)24-17(22)25-16/h6,9-10H,4-5,7-8H2,1-3H3/t9-,10+. The number of ether oxygens (including phenoxy) is 1. The normalized spacial score (nSPS) is 21.8. The Balaban J connectivity index is 1.71. The van der Waals surface area contributed by atoms with Crippen molar-refractivity contribution in [1.82, 2.24) is 14.9 Å². The van der Waals surface area contributed by atoms with Crippen LogP contribution in [0.4, 0.5) is 15.0 Å². The van der Waals surface area contributed by atoms with Crippen molar-refractivity contribution in [3.05, 3.63) is 26.7 Å². The minimum absolute atomic E-state index is 0.0286. The van der Waals surface area contributed by atoms with E-state index in [4.69, 9.17) is 27.9 Å². The fraction of sp³-hybridized carbons (Fsp3) is 0.526. The number of likely N-dealkylation sites (tertiary alicyclic amines) is 1. The van der Waals surface area contributed by atoms with Gasteiger partial charge >= 0.3 is 6.09 Å². The number of carbonyl (C=O) groups is 1. The second-order valence-corrected chi connectivity index (χ2v) is 9.91. The molecule has 1 amide bonds. The number of amides is 1. The molecule has 2 bridgehead atoms. The maximum Gasteiger partial charge on any atom is 0.410 e. The van der Waals surface area contributed by atoms with Gasteiger partial charge in [-0.15, -0.1) is 0 Å². The van der Waals surface area contributed by atoms with Crippen molar-refractivity contribution in [2.45, 2.75) is 51.3 Å². The van der Waals surface area contributed by atoms with Gasteiger partial charge in [-0.1, -0.05) is 11.6 Å². The first-order chi connectivity index (χ1) is 13.5. The van der Waals surface area contributed by atoms with Crippen LogP contribution in [0.1, 0.15) is 33.6 Å². The van der Waals surface area contributed by atoms with Gasteiger partial charge in [-0.2, -0.15) is 4.98 Å². The fourth-order valence-corrected chi connectivity index (χ4v) is 4.71. The lowest BCUT2D eigenvalue weighted by atomic mass is 10.1. The maximum atomic E-state index is 14.8. The van der Waals surface area contributed by atoms with E-state index in [9.17, 15) is 9.18 Å². The Hall–Kier alpha value is -1.38. The van der Waals surface area contributed by atoms with Crippen LogP contribution in [-0.2, 0) is 4.74 Å². The van der Waals surface area contributed by atoms with E-state index in [1.807, 2.05) is 20.8 Å². The molecule has 0 spiro atoms. The molecule has 156 valence electrons. The van der Waals surface area contributed by atoms with Gasteiger partial charge < -0.3 is 14.5 Å². The highest BCUT2D eigenvalue weighted by atomic mass is 79.9. The number of nitrogens with zero attached hydrogens (tertiary/aromatic N) is 4. The van der Waals surface area contributed by atoms with Gasteiger partial charge in [0, 0.05) is 30.6 Å². The lowest BCUT2D eigenvalue weighted by Gasteiger charge is -2.42. The van der Waals surface area contributed by atoms with Gasteiger partial charge in [0.15, 0.2) is 5.82 Å². The second-order valence-electron chi connectivity index (χ2n) is 8.38. The first-order valence-corrected chi connectivity index (χ1v) is 10.9. The van der Waals surface area contributed by atoms with Gasteiger partial charge in [-0.3, -0.25) is 0 Å². The van der Waals surface area contributed by atoms with Crippen LogP contribution in [0, 0.1) is 5.82 Å². The maximum absolute atomic E-state index is 14.8. The molecule has 1 aromatic carbocycles. The summed E-state index contributed by atoms with van der Waals surface area (Å²) in [6, 6.07) is 1.71. The van der Waals surface area contributed by atoms with Crippen molar-refractivity contribution in [1.29, 1.82) is 0 Å². The molecule has 0 radical (unpaired) electrons. The number of halogens is 4. The van der Waals surface area contributed by atoms with E-state index in [0.717, 1.165) is 12.8 Å². The van der Waals surface area contributed by atoms with E-state index in [2.05, 4.69) is 30.8 Å². The molecule has 3 heterocycles. The van der Waals surface area contributed by atoms with Crippen LogP contribution in [0.3, 0.4) is 0 Å². The summed E-state index contributed by atoms with van der Waals surface area (Å²) < 4.78 is 20.4. The number of benzene rings is 1. The van der Waals surface area contributed by atoms with Gasteiger partial charge in [0.25, 0.3) is 0 Å². The highest BCUT2D eigenvalue weighted by molar-refractivity contribution is 9.10. The van der Waals surface area contributed by atoms with E-state index in [1.54, 1.807) is 11.0 Å². The Kier molecular flexibility index (Phi) is 5.32. The first-order valence-electron chi connectivity index (χ1n) is 9.32. The molecule has 0 saturated carbocycles. The Labute approximate surface area is 186 Å². The van der Waals surface area contributed by atoms with E-state index in [0.29, 0.717) is 24.3 Å². The molecule has 2 atom stereocenters. The number of piperazine rings is 1. The molecule has 10 heteroatoms. The second kappa shape index (κ2) is 7.39. The van der Waals surface area contributed by atoms with Crippen LogP contribution in [-0.4, -0.2) is 51.7 Å². The Morgan fingerprint density at radius 3 is 2.45 bits per heavy atom. The summed E-state index contributed by atoms with van der Waals surface area (Å²) in [6.45, 7) is 6.55. The summed E-state index contributed by atoms with van der Waals surface area (Å²) in [5.41, 5.74) is -0.434. The lowest BCUT2D eigenvalue weighted by Crippen LogP contribution is -2.56. The summed E-state index contributed by atoms with van der Waals surface area (Å²) in [5, 5.41) is 0.708. The summed E-state index contributed by atoms with van der Waals surface area (Å²) in [6.07, 6.45) is 1.46. The molecule has 2 aliphatic heterocycles. The molecule has 0 unspecified atom stereocenters. The SMILES string of the molecule is CC(C)(C)OC(=O)N1C[C@H]2CC[C@@H](C1)N2c1nc(Cl)nc2c(F)c(Br)c(Cl)cc12. The van der Waals surface area contributed by atoms with Gasteiger partial charge in [-0.05, 0) is 67.2 Å². The van der Waals surface area contributed by atoms with E-state index in [-0.39, 0.29) is 38.5 Å². The van der Waals surface area contributed by atoms with Crippen molar-refractivity contribution >= 4 is 61.9 Å². The summed E-state index contributed by atoms with van der Waals surface area (Å²) in [4.78, 5) is 24.9. The number of carbonyl (C=O) groups excluding carboxylic acids is 1. The Morgan fingerprint density at radius 2 is 1.86 bits per heavy atom. The molecular weight excluding hydrogens is 486 g/mol. The van der Waals surface area contributed by atoms with Crippen molar-refractivity contribution < 1.29 is 13.9 Å². The van der Waals surface area contributed by atoms with Crippen LogP contribution >= 0.6 is 39.1 Å². The third kappa shape index (κ3) is 3.86. The van der Waals surface area contributed by atoms with Gasteiger partial charge in [-0.25, -0.2) is 14.2 Å². The predicted octanol–water partition coefficient (Wildman–Crippen LogP) is 5.43. The lowest BCUT2D eigenvalue weighted by molar-refractivity contribution is 0.0209. The highest BCUT2D eigenvalue weighted by Gasteiger charge is 2.44. The largest absolute Gasteiger partial charge is 0.444 e. The topological polar surface area (TPSA) is 58.6 Å². The van der Waals surface area contributed by atoms with Crippen molar-refractivity contribution in [2.75, 3.05) is 18.0 Å². The number of hydrogen-bond donors (Lipinski definition) is 0. The van der Waals surface area contributed by atoms with E-state index < -0.39 is 11.4 Å². The summed E-state index contributed by atoms with van der Waals surface area (Å²) in [7, 11) is 0. The van der Waals surface area contributed by atoms with Crippen LogP contribution < -0.4 is 4.90 Å². The summed E-state index contributed by atoms with van der Waals surface area (Å²) >= 11 is 15.5. The molecule has 1 aromatic heterocycles. The average molecular weight is 506 g/mol. The molecule has 2 aromatic rings. The van der Waals surface area contributed by atoms with Gasteiger partial charge in [0.05, 0.1) is 9.50 Å². The minimum Gasteiger partial charge on any atom is -0.444 e.